The van der Waals surface area contributed by atoms with Crippen LogP contribution in [0.4, 0.5) is 0 Å². The van der Waals surface area contributed by atoms with Crippen LogP contribution in [-0.2, 0) is 5.60 Å². The number of ether oxygens (including phenoxy) is 1. The molecule has 41 heavy (non-hydrogen) atoms. The van der Waals surface area contributed by atoms with Gasteiger partial charge in [-0.1, -0.05) is 84.9 Å². The van der Waals surface area contributed by atoms with Gasteiger partial charge in [0.1, 0.15) is 17.2 Å². The maximum atomic E-state index is 10.1. The first-order chi connectivity index (χ1) is 20.1. The number of hydrogen-bond donors (Lipinski definition) is 2. The first-order valence-corrected chi connectivity index (χ1v) is 13.6. The van der Waals surface area contributed by atoms with Gasteiger partial charge in [-0.2, -0.15) is 0 Å². The van der Waals surface area contributed by atoms with Crippen LogP contribution in [0.2, 0.25) is 0 Å². The van der Waals surface area contributed by atoms with E-state index in [1.807, 2.05) is 30.3 Å². The van der Waals surface area contributed by atoms with Crippen molar-refractivity contribution in [1.29, 1.82) is 0 Å². The molecule has 0 fully saturated rings. The number of aromatic hydroxyl groups is 2. The number of benzene rings is 6. The smallest absolute Gasteiger partial charge is 0.178 e. The first kappa shape index (κ1) is 23.4. The SMILES string of the molecule is Oc1ccc(C2(c3ccc(O)cc3)C=Cc3c(c4ccccc4c4c5ccccc5n(-c5ccccc5)c34)O2)cc1. The van der Waals surface area contributed by atoms with E-state index in [0.29, 0.717) is 0 Å². The zero-order valence-electron chi connectivity index (χ0n) is 22.0. The summed E-state index contributed by atoms with van der Waals surface area (Å²) in [5.74, 6) is 1.17. The Kier molecular flexibility index (Phi) is 5.01. The molecule has 0 spiro atoms. The van der Waals surface area contributed by atoms with E-state index in [4.69, 9.17) is 4.74 Å². The molecular weight excluding hydrogens is 506 g/mol. The van der Waals surface area contributed by atoms with E-state index in [1.54, 1.807) is 24.3 Å². The molecule has 7 aromatic rings. The van der Waals surface area contributed by atoms with Crippen molar-refractivity contribution in [3.63, 3.8) is 0 Å². The van der Waals surface area contributed by atoms with Crippen LogP contribution in [0.15, 0.2) is 133 Å². The average Bonchev–Trinajstić information content (AvgIpc) is 3.37. The van der Waals surface area contributed by atoms with Crippen molar-refractivity contribution in [2.75, 3.05) is 0 Å². The second-order valence-corrected chi connectivity index (χ2v) is 10.5. The minimum atomic E-state index is -0.978. The van der Waals surface area contributed by atoms with Crippen LogP contribution >= 0.6 is 0 Å². The van der Waals surface area contributed by atoms with E-state index in [9.17, 15) is 10.2 Å². The lowest BCUT2D eigenvalue weighted by molar-refractivity contribution is 0.164. The number of para-hydroxylation sites is 2. The van der Waals surface area contributed by atoms with Crippen LogP contribution in [0.25, 0.3) is 44.3 Å². The van der Waals surface area contributed by atoms with Gasteiger partial charge < -0.3 is 19.5 Å². The molecule has 0 amide bonds. The molecule has 1 aliphatic heterocycles. The van der Waals surface area contributed by atoms with Crippen LogP contribution in [0.3, 0.4) is 0 Å². The number of fused-ring (bicyclic) bond motifs is 8. The first-order valence-electron chi connectivity index (χ1n) is 13.6. The lowest BCUT2D eigenvalue weighted by atomic mass is 9.83. The van der Waals surface area contributed by atoms with Gasteiger partial charge >= 0.3 is 0 Å². The maximum absolute atomic E-state index is 10.1. The third-order valence-electron chi connectivity index (χ3n) is 8.17. The van der Waals surface area contributed by atoms with E-state index < -0.39 is 5.60 Å². The third kappa shape index (κ3) is 3.41. The molecule has 0 radical (unpaired) electrons. The second-order valence-electron chi connectivity index (χ2n) is 10.5. The summed E-state index contributed by atoms with van der Waals surface area (Å²) < 4.78 is 9.55. The summed E-state index contributed by atoms with van der Waals surface area (Å²) in [7, 11) is 0. The maximum Gasteiger partial charge on any atom is 0.178 e. The highest BCUT2D eigenvalue weighted by Gasteiger charge is 2.39. The number of phenolic OH excluding ortho intramolecular Hbond substituents is 2. The fourth-order valence-corrected chi connectivity index (χ4v) is 6.32. The number of rotatable bonds is 3. The summed E-state index contributed by atoms with van der Waals surface area (Å²) in [6.07, 6.45) is 4.26. The Bertz CT molecular complexity index is 2080. The van der Waals surface area contributed by atoms with E-state index in [1.165, 1.54) is 10.8 Å². The van der Waals surface area contributed by atoms with Gasteiger partial charge in [0, 0.05) is 38.5 Å². The molecule has 8 rings (SSSR count). The fraction of sp³-hybridized carbons (Fsp3) is 0.0270. The highest BCUT2D eigenvalue weighted by Crippen LogP contribution is 2.50. The third-order valence-corrected chi connectivity index (χ3v) is 8.17. The Labute approximate surface area is 236 Å². The van der Waals surface area contributed by atoms with Crippen LogP contribution in [0, 0.1) is 0 Å². The predicted octanol–water partition coefficient (Wildman–Crippen LogP) is 8.70. The Morgan fingerprint density at radius 2 is 1.12 bits per heavy atom. The largest absolute Gasteiger partial charge is 0.508 e. The van der Waals surface area contributed by atoms with Gasteiger partial charge in [0.25, 0.3) is 0 Å². The quantitative estimate of drug-likeness (QED) is 0.240. The minimum Gasteiger partial charge on any atom is -0.508 e. The Morgan fingerprint density at radius 1 is 0.561 bits per heavy atom. The number of phenols is 2. The van der Waals surface area contributed by atoms with Gasteiger partial charge in [-0.15, -0.1) is 0 Å². The van der Waals surface area contributed by atoms with Crippen LogP contribution in [-0.4, -0.2) is 14.8 Å². The van der Waals surface area contributed by atoms with Crippen LogP contribution < -0.4 is 4.74 Å². The molecule has 1 aromatic heterocycles. The van der Waals surface area contributed by atoms with Crippen molar-refractivity contribution >= 4 is 38.7 Å². The van der Waals surface area contributed by atoms with E-state index in [0.717, 1.165) is 49.9 Å². The minimum absolute atomic E-state index is 0.189. The summed E-state index contributed by atoms with van der Waals surface area (Å²) in [5.41, 5.74) is 5.08. The molecule has 2 N–H and O–H groups in total. The van der Waals surface area contributed by atoms with Crippen LogP contribution in [0.1, 0.15) is 16.7 Å². The molecule has 0 aliphatic carbocycles. The lowest BCUT2D eigenvalue weighted by Crippen LogP contribution is -2.34. The summed E-state index contributed by atoms with van der Waals surface area (Å²) in [6.45, 7) is 0. The van der Waals surface area contributed by atoms with Crippen molar-refractivity contribution in [1.82, 2.24) is 4.57 Å². The van der Waals surface area contributed by atoms with Crippen molar-refractivity contribution in [3.05, 3.63) is 150 Å². The number of hydrogen-bond acceptors (Lipinski definition) is 3. The highest BCUT2D eigenvalue weighted by molar-refractivity contribution is 6.25. The summed E-state index contributed by atoms with van der Waals surface area (Å²) in [4.78, 5) is 0. The zero-order chi connectivity index (χ0) is 27.6. The molecule has 2 heterocycles. The number of nitrogens with zero attached hydrogens (tertiary/aromatic N) is 1. The summed E-state index contributed by atoms with van der Waals surface area (Å²) in [5, 5.41) is 24.7. The Morgan fingerprint density at radius 3 is 1.78 bits per heavy atom. The molecule has 0 saturated carbocycles. The second kappa shape index (κ2) is 8.77. The lowest BCUT2D eigenvalue weighted by Gasteiger charge is -2.37. The molecule has 0 unspecified atom stereocenters. The molecule has 4 nitrogen and oxygen atoms in total. The Hall–Kier alpha value is -5.48. The molecule has 6 aromatic carbocycles. The van der Waals surface area contributed by atoms with Gasteiger partial charge in [-0.3, -0.25) is 0 Å². The van der Waals surface area contributed by atoms with Gasteiger partial charge in [-0.25, -0.2) is 0 Å². The standard InChI is InChI=1S/C37H25NO3/c39-27-18-14-24(15-19-27)37(25-16-20-28(40)21-17-25)23-22-32-35-34(29-10-4-5-11-30(29)36(32)41-37)31-12-6-7-13-33(31)38(35)26-8-2-1-3-9-26/h1-23,39-40H. The van der Waals surface area contributed by atoms with Gasteiger partial charge in [0.05, 0.1) is 11.0 Å². The fourth-order valence-electron chi connectivity index (χ4n) is 6.32. The molecule has 0 atom stereocenters. The molecule has 4 heteroatoms. The summed E-state index contributed by atoms with van der Waals surface area (Å²) >= 11 is 0. The average molecular weight is 532 g/mol. The molecule has 0 saturated heterocycles. The van der Waals surface area contributed by atoms with Crippen molar-refractivity contribution in [3.8, 4) is 22.9 Å². The molecule has 196 valence electrons. The predicted molar refractivity (Wildman–Crippen MR) is 165 cm³/mol. The molecule has 0 bridgehead atoms. The Balaban J connectivity index is 1.51. The topological polar surface area (TPSA) is 54.6 Å². The van der Waals surface area contributed by atoms with E-state index in [-0.39, 0.29) is 11.5 Å². The van der Waals surface area contributed by atoms with Gasteiger partial charge in [0.15, 0.2) is 5.60 Å². The van der Waals surface area contributed by atoms with E-state index >= 15 is 0 Å². The highest BCUT2D eigenvalue weighted by atomic mass is 16.5. The van der Waals surface area contributed by atoms with Crippen molar-refractivity contribution < 1.29 is 14.9 Å². The van der Waals surface area contributed by atoms with Crippen LogP contribution in [0.5, 0.6) is 17.2 Å². The normalized spacial score (nSPS) is 13.9. The zero-order valence-corrected chi connectivity index (χ0v) is 22.0. The summed E-state index contributed by atoms with van der Waals surface area (Å²) in [6, 6.07) is 41.7. The van der Waals surface area contributed by atoms with Crippen molar-refractivity contribution in [2.24, 2.45) is 0 Å². The molecule has 1 aliphatic rings. The van der Waals surface area contributed by atoms with Crippen molar-refractivity contribution in [2.45, 2.75) is 5.60 Å². The van der Waals surface area contributed by atoms with Gasteiger partial charge in [0.2, 0.25) is 0 Å². The van der Waals surface area contributed by atoms with Gasteiger partial charge in [-0.05, 0) is 60.0 Å². The number of aromatic nitrogens is 1. The monoisotopic (exact) mass is 531 g/mol. The molecular formula is C37H25NO3. The van der Waals surface area contributed by atoms with E-state index in [2.05, 4.69) is 89.5 Å².